The first kappa shape index (κ1) is 12.6. The lowest BCUT2D eigenvalue weighted by atomic mass is 10.1. The fourth-order valence-electron chi connectivity index (χ4n) is 1.41. The average molecular weight is 223 g/mol. The summed E-state index contributed by atoms with van der Waals surface area (Å²) in [6.07, 6.45) is 3.95. The molecule has 1 aromatic rings. The van der Waals surface area contributed by atoms with Crippen molar-refractivity contribution in [3.05, 3.63) is 29.8 Å². The fourth-order valence-corrected chi connectivity index (χ4v) is 2.32. The Labute approximate surface area is 97.4 Å². The summed E-state index contributed by atoms with van der Waals surface area (Å²) in [4.78, 5) is 1.36. The van der Waals surface area contributed by atoms with Gasteiger partial charge in [-0.15, -0.1) is 11.8 Å². The summed E-state index contributed by atoms with van der Waals surface area (Å²) in [5.74, 6) is 1.23. The highest BCUT2D eigenvalue weighted by Gasteiger charge is 1.99. The molecule has 2 heteroatoms. The van der Waals surface area contributed by atoms with Gasteiger partial charge in [0, 0.05) is 10.9 Å². The third-order valence-electron chi connectivity index (χ3n) is 2.42. The normalized spacial score (nSPS) is 12.7. The summed E-state index contributed by atoms with van der Waals surface area (Å²) < 4.78 is 0. The molecule has 0 aliphatic carbocycles. The summed E-state index contributed by atoms with van der Waals surface area (Å²) >= 11 is 1.94. The quantitative estimate of drug-likeness (QED) is 0.583. The van der Waals surface area contributed by atoms with Crippen molar-refractivity contribution in [3.8, 4) is 0 Å². The number of rotatable bonds is 6. The van der Waals surface area contributed by atoms with Crippen molar-refractivity contribution in [2.75, 3.05) is 5.75 Å². The number of thioether (sulfide) groups is 1. The molecule has 0 unspecified atom stereocenters. The molecule has 0 heterocycles. The fraction of sp³-hybridized carbons (Fsp3) is 0.538. The third kappa shape index (κ3) is 4.72. The summed E-state index contributed by atoms with van der Waals surface area (Å²) in [7, 11) is 0. The molecule has 1 atom stereocenters. The van der Waals surface area contributed by atoms with Crippen molar-refractivity contribution >= 4 is 11.8 Å². The highest BCUT2D eigenvalue weighted by atomic mass is 32.2. The van der Waals surface area contributed by atoms with Gasteiger partial charge in [0.1, 0.15) is 0 Å². The molecule has 0 amide bonds. The zero-order valence-corrected chi connectivity index (χ0v) is 10.5. The Morgan fingerprint density at radius 3 is 2.40 bits per heavy atom. The van der Waals surface area contributed by atoms with Crippen LogP contribution >= 0.6 is 11.8 Å². The topological polar surface area (TPSA) is 26.0 Å². The maximum atomic E-state index is 5.80. The molecule has 1 rings (SSSR count). The molecular weight excluding hydrogens is 202 g/mol. The minimum Gasteiger partial charge on any atom is -0.324 e. The molecule has 2 N–H and O–H groups in total. The van der Waals surface area contributed by atoms with Crippen molar-refractivity contribution in [2.24, 2.45) is 5.73 Å². The first-order valence-electron chi connectivity index (χ1n) is 5.72. The van der Waals surface area contributed by atoms with E-state index in [1.165, 1.54) is 35.5 Å². The molecule has 0 saturated heterocycles. The predicted octanol–water partition coefficient (Wildman–Crippen LogP) is 3.99. The van der Waals surface area contributed by atoms with Gasteiger partial charge >= 0.3 is 0 Å². The predicted molar refractivity (Wildman–Crippen MR) is 69.3 cm³/mol. The SMILES string of the molecule is CCCCCSc1ccc([C@H](C)N)cc1. The Hall–Kier alpha value is -0.470. The van der Waals surface area contributed by atoms with Gasteiger partial charge in [0.15, 0.2) is 0 Å². The van der Waals surface area contributed by atoms with Crippen LogP contribution in [-0.2, 0) is 0 Å². The van der Waals surface area contributed by atoms with Gasteiger partial charge in [0.2, 0.25) is 0 Å². The van der Waals surface area contributed by atoms with E-state index in [-0.39, 0.29) is 6.04 Å². The van der Waals surface area contributed by atoms with Crippen LogP contribution in [0.1, 0.15) is 44.7 Å². The van der Waals surface area contributed by atoms with Gasteiger partial charge in [0.25, 0.3) is 0 Å². The Morgan fingerprint density at radius 1 is 1.20 bits per heavy atom. The molecule has 84 valence electrons. The van der Waals surface area contributed by atoms with Gasteiger partial charge in [0.05, 0.1) is 0 Å². The first-order chi connectivity index (χ1) is 7.24. The highest BCUT2D eigenvalue weighted by Crippen LogP contribution is 2.21. The second kappa shape index (κ2) is 6.91. The van der Waals surface area contributed by atoms with Gasteiger partial charge in [-0.2, -0.15) is 0 Å². The Balaban J connectivity index is 2.36. The molecule has 0 radical (unpaired) electrons. The molecule has 0 aliphatic rings. The molecular formula is C13H21NS. The van der Waals surface area contributed by atoms with E-state index in [1.807, 2.05) is 18.7 Å². The summed E-state index contributed by atoms with van der Waals surface area (Å²) in [6, 6.07) is 8.76. The number of hydrogen-bond donors (Lipinski definition) is 1. The molecule has 1 aromatic carbocycles. The molecule has 0 spiro atoms. The van der Waals surface area contributed by atoms with Crippen LogP contribution in [0.2, 0.25) is 0 Å². The van der Waals surface area contributed by atoms with E-state index in [4.69, 9.17) is 5.73 Å². The smallest absolute Gasteiger partial charge is 0.0266 e. The minimum atomic E-state index is 0.143. The number of benzene rings is 1. The monoisotopic (exact) mass is 223 g/mol. The van der Waals surface area contributed by atoms with Crippen molar-refractivity contribution in [1.29, 1.82) is 0 Å². The Bertz CT molecular complexity index is 266. The molecule has 0 aromatic heterocycles. The summed E-state index contributed by atoms with van der Waals surface area (Å²) in [5.41, 5.74) is 7.01. The molecule has 15 heavy (non-hydrogen) atoms. The van der Waals surface area contributed by atoms with Crippen LogP contribution in [0.4, 0.5) is 0 Å². The van der Waals surface area contributed by atoms with Crippen molar-refractivity contribution in [3.63, 3.8) is 0 Å². The van der Waals surface area contributed by atoms with E-state index < -0.39 is 0 Å². The number of hydrogen-bond acceptors (Lipinski definition) is 2. The van der Waals surface area contributed by atoms with Crippen LogP contribution in [0, 0.1) is 0 Å². The number of unbranched alkanes of at least 4 members (excludes halogenated alkanes) is 2. The van der Waals surface area contributed by atoms with E-state index in [0.29, 0.717) is 0 Å². The van der Waals surface area contributed by atoms with Crippen molar-refractivity contribution in [2.45, 2.75) is 44.0 Å². The second-order valence-corrected chi connectivity index (χ2v) is 5.08. The van der Waals surface area contributed by atoms with E-state index in [9.17, 15) is 0 Å². The van der Waals surface area contributed by atoms with Gasteiger partial charge in [-0.3, -0.25) is 0 Å². The highest BCUT2D eigenvalue weighted by molar-refractivity contribution is 7.99. The molecule has 0 bridgehead atoms. The lowest BCUT2D eigenvalue weighted by molar-refractivity contribution is 0.778. The lowest BCUT2D eigenvalue weighted by Gasteiger charge is -2.06. The van der Waals surface area contributed by atoms with Crippen LogP contribution in [0.3, 0.4) is 0 Å². The first-order valence-corrected chi connectivity index (χ1v) is 6.71. The van der Waals surface area contributed by atoms with E-state index in [1.54, 1.807) is 0 Å². The molecule has 0 fully saturated rings. The largest absolute Gasteiger partial charge is 0.324 e. The van der Waals surface area contributed by atoms with E-state index >= 15 is 0 Å². The van der Waals surface area contributed by atoms with E-state index in [2.05, 4.69) is 31.2 Å². The standard InChI is InChI=1S/C13H21NS/c1-3-4-5-10-15-13-8-6-12(7-9-13)11(2)14/h6-9,11H,3-5,10,14H2,1-2H3/t11-/m0/s1. The van der Waals surface area contributed by atoms with Gasteiger partial charge < -0.3 is 5.73 Å². The Morgan fingerprint density at radius 2 is 1.87 bits per heavy atom. The van der Waals surface area contributed by atoms with Crippen LogP contribution in [-0.4, -0.2) is 5.75 Å². The van der Waals surface area contributed by atoms with Crippen LogP contribution in [0.15, 0.2) is 29.2 Å². The van der Waals surface area contributed by atoms with Gasteiger partial charge in [-0.05, 0) is 36.8 Å². The second-order valence-electron chi connectivity index (χ2n) is 3.91. The van der Waals surface area contributed by atoms with Gasteiger partial charge in [-0.1, -0.05) is 31.9 Å². The van der Waals surface area contributed by atoms with Gasteiger partial charge in [-0.25, -0.2) is 0 Å². The van der Waals surface area contributed by atoms with Crippen LogP contribution in [0.5, 0.6) is 0 Å². The maximum absolute atomic E-state index is 5.80. The van der Waals surface area contributed by atoms with Crippen molar-refractivity contribution in [1.82, 2.24) is 0 Å². The molecule has 1 nitrogen and oxygen atoms in total. The van der Waals surface area contributed by atoms with Crippen molar-refractivity contribution < 1.29 is 0 Å². The Kier molecular flexibility index (Phi) is 5.81. The zero-order valence-electron chi connectivity index (χ0n) is 9.70. The molecule has 0 aliphatic heterocycles. The van der Waals surface area contributed by atoms with Crippen LogP contribution in [0.25, 0.3) is 0 Å². The molecule has 0 saturated carbocycles. The summed E-state index contributed by atoms with van der Waals surface area (Å²) in [5, 5.41) is 0. The average Bonchev–Trinajstić information content (AvgIpc) is 2.25. The van der Waals surface area contributed by atoms with Crippen LogP contribution < -0.4 is 5.73 Å². The number of nitrogens with two attached hydrogens (primary N) is 1. The lowest BCUT2D eigenvalue weighted by Crippen LogP contribution is -2.04. The zero-order chi connectivity index (χ0) is 11.1. The minimum absolute atomic E-state index is 0.143. The summed E-state index contributed by atoms with van der Waals surface area (Å²) in [6.45, 7) is 4.26. The maximum Gasteiger partial charge on any atom is 0.0266 e. The third-order valence-corrected chi connectivity index (χ3v) is 3.52. The van der Waals surface area contributed by atoms with E-state index in [0.717, 1.165) is 0 Å².